The molecule has 0 radical (unpaired) electrons. The molecule has 0 fully saturated rings. The largest absolute Gasteiger partial charge is 0.481 e. The van der Waals surface area contributed by atoms with Crippen LogP contribution in [0.1, 0.15) is 213 Å². The van der Waals surface area contributed by atoms with Crippen LogP contribution in [-0.2, 0) is 4.79 Å². The van der Waals surface area contributed by atoms with Gasteiger partial charge in [-0.1, -0.05) is 175 Å². The maximum atomic E-state index is 10.3. The smallest absolute Gasteiger partial charge is 0.303 e. The molecule has 0 saturated carbocycles. The molecule has 0 heterocycles. The first-order chi connectivity index (χ1) is 19.9. The second kappa shape index (κ2) is 35.6. The van der Waals surface area contributed by atoms with Gasteiger partial charge < -0.3 is 9.59 Å². The molecule has 0 aromatic carbocycles. The average molecular weight is 583 g/mol. The lowest BCUT2D eigenvalue weighted by atomic mass is 10.0. The van der Waals surface area contributed by atoms with Crippen molar-refractivity contribution in [3.05, 3.63) is 0 Å². The lowest BCUT2D eigenvalue weighted by Crippen LogP contribution is -2.41. The number of quaternary nitrogens is 1. The van der Waals surface area contributed by atoms with Crippen molar-refractivity contribution in [3.8, 4) is 0 Å². The maximum absolute atomic E-state index is 10.3. The third-order valence-corrected chi connectivity index (χ3v) is 8.73. The summed E-state index contributed by atoms with van der Waals surface area (Å²) in [4.78, 5) is 10.3. The van der Waals surface area contributed by atoms with Crippen molar-refractivity contribution in [1.29, 1.82) is 0 Å². The molecule has 0 saturated heterocycles. The van der Waals surface area contributed by atoms with Gasteiger partial charge in [-0.2, -0.15) is 0 Å². The minimum atomic E-state index is -0.653. The highest BCUT2D eigenvalue weighted by atomic mass is 16.4. The van der Waals surface area contributed by atoms with Gasteiger partial charge in [0.2, 0.25) is 0 Å². The van der Waals surface area contributed by atoms with Crippen molar-refractivity contribution < 1.29 is 14.4 Å². The van der Waals surface area contributed by atoms with E-state index in [4.69, 9.17) is 5.11 Å². The van der Waals surface area contributed by atoms with Crippen LogP contribution in [0.15, 0.2) is 0 Å². The lowest BCUT2D eigenvalue weighted by Gasteiger charge is -2.30. The number of nitrogens with zero attached hydrogens (tertiary/aromatic N) is 1. The predicted octanol–water partition coefficient (Wildman–Crippen LogP) is 12.9. The molecule has 3 heteroatoms. The first-order valence-electron chi connectivity index (χ1n) is 18.9. The Labute approximate surface area is 260 Å². The van der Waals surface area contributed by atoms with Gasteiger partial charge in [0.1, 0.15) is 0 Å². The van der Waals surface area contributed by atoms with Crippen LogP contribution in [0.3, 0.4) is 0 Å². The molecule has 0 aromatic rings. The Kier molecular flexibility index (Phi) is 37.0. The highest BCUT2D eigenvalue weighted by molar-refractivity contribution is 5.66. The minimum absolute atomic E-state index is 0.345. The average Bonchev–Trinajstić information content (AvgIpc) is 2.94. The summed E-state index contributed by atoms with van der Waals surface area (Å²) in [6.45, 7) is 9.62. The van der Waals surface area contributed by atoms with Crippen LogP contribution < -0.4 is 0 Å². The Bertz CT molecular complexity index is 491. The molecule has 3 nitrogen and oxygen atoms in total. The number of rotatable bonds is 32. The molecular weight excluding hydrogens is 502 g/mol. The molecular formula is C38H80NO2+. The maximum Gasteiger partial charge on any atom is 0.303 e. The Balaban J connectivity index is 0. The molecule has 0 bridgehead atoms. The Morgan fingerprint density at radius 1 is 0.390 bits per heavy atom. The van der Waals surface area contributed by atoms with Crippen molar-refractivity contribution in [2.24, 2.45) is 0 Å². The Hall–Kier alpha value is -0.570. The molecule has 0 unspecified atom stereocenters. The van der Waals surface area contributed by atoms with E-state index < -0.39 is 5.97 Å². The minimum Gasteiger partial charge on any atom is -0.481 e. The summed E-state index contributed by atoms with van der Waals surface area (Å²) >= 11 is 0. The number of hydrogen-bond donors (Lipinski definition) is 1. The zero-order chi connectivity index (χ0) is 30.7. The van der Waals surface area contributed by atoms with Gasteiger partial charge in [0.15, 0.2) is 0 Å². The molecule has 0 rings (SSSR count). The number of carboxylic acids is 1. The SMILES string of the molecule is CCCCCCCCCCCCCCCCCC(=O)O.CCCCCCCCCC[N+](C)(C)CCCCCCCC. The number of unbranched alkanes of at least 4 members (excludes halogenated alkanes) is 26. The summed E-state index contributed by atoms with van der Waals surface area (Å²) in [7, 11) is 4.85. The summed E-state index contributed by atoms with van der Waals surface area (Å²) < 4.78 is 1.24. The first kappa shape index (κ1) is 42.6. The fourth-order valence-electron chi connectivity index (χ4n) is 5.75. The molecule has 41 heavy (non-hydrogen) atoms. The van der Waals surface area contributed by atoms with Crippen LogP contribution in [0.5, 0.6) is 0 Å². The quantitative estimate of drug-likeness (QED) is 0.0632. The van der Waals surface area contributed by atoms with E-state index in [1.807, 2.05) is 0 Å². The van der Waals surface area contributed by atoms with Crippen molar-refractivity contribution >= 4 is 5.97 Å². The van der Waals surface area contributed by atoms with E-state index >= 15 is 0 Å². The molecule has 0 aromatic heterocycles. The van der Waals surface area contributed by atoms with E-state index in [1.54, 1.807) is 0 Å². The fourth-order valence-corrected chi connectivity index (χ4v) is 5.75. The van der Waals surface area contributed by atoms with Crippen LogP contribution in [-0.4, -0.2) is 42.7 Å². The molecule has 0 aliphatic carbocycles. The van der Waals surface area contributed by atoms with E-state index in [-0.39, 0.29) is 0 Å². The monoisotopic (exact) mass is 583 g/mol. The van der Waals surface area contributed by atoms with Gasteiger partial charge in [0.05, 0.1) is 27.2 Å². The van der Waals surface area contributed by atoms with Gasteiger partial charge in [-0.15, -0.1) is 0 Å². The summed E-state index contributed by atoms with van der Waals surface area (Å²) in [6, 6.07) is 0. The third-order valence-electron chi connectivity index (χ3n) is 8.73. The normalized spacial score (nSPS) is 11.4. The number of carboxylic acid groups (broad SMARTS) is 1. The van der Waals surface area contributed by atoms with E-state index in [0.29, 0.717) is 6.42 Å². The summed E-state index contributed by atoms with van der Waals surface area (Å²) in [5.41, 5.74) is 0. The predicted molar refractivity (Wildman–Crippen MR) is 185 cm³/mol. The van der Waals surface area contributed by atoms with E-state index in [0.717, 1.165) is 12.8 Å². The van der Waals surface area contributed by atoms with Gasteiger partial charge in [0, 0.05) is 6.42 Å². The molecule has 0 spiro atoms. The van der Waals surface area contributed by atoms with Crippen LogP contribution in [0.25, 0.3) is 0 Å². The summed E-state index contributed by atoms with van der Waals surface area (Å²) in [6.07, 6.45) is 40.3. The lowest BCUT2D eigenvalue weighted by molar-refractivity contribution is -0.890. The number of hydrogen-bond acceptors (Lipinski definition) is 1. The molecule has 0 amide bonds. The van der Waals surface area contributed by atoms with Crippen LogP contribution in [0.4, 0.5) is 0 Å². The Morgan fingerprint density at radius 3 is 0.854 bits per heavy atom. The summed E-state index contributed by atoms with van der Waals surface area (Å²) in [5.74, 6) is -0.653. The second-order valence-electron chi connectivity index (χ2n) is 13.7. The zero-order valence-electron chi connectivity index (χ0n) is 29.4. The zero-order valence-corrected chi connectivity index (χ0v) is 29.4. The highest BCUT2D eigenvalue weighted by Crippen LogP contribution is 2.14. The van der Waals surface area contributed by atoms with Gasteiger partial charge in [0.25, 0.3) is 0 Å². The summed E-state index contributed by atoms with van der Waals surface area (Å²) in [5, 5.41) is 8.52. The topological polar surface area (TPSA) is 37.3 Å². The molecule has 1 N–H and O–H groups in total. The first-order valence-corrected chi connectivity index (χ1v) is 18.9. The molecule has 0 atom stereocenters. The molecule has 0 aliphatic rings. The van der Waals surface area contributed by atoms with Crippen LogP contribution >= 0.6 is 0 Å². The van der Waals surface area contributed by atoms with Crippen molar-refractivity contribution in [2.45, 2.75) is 213 Å². The van der Waals surface area contributed by atoms with Crippen molar-refractivity contribution in [1.82, 2.24) is 0 Å². The van der Waals surface area contributed by atoms with E-state index in [1.165, 1.54) is 191 Å². The number of aliphatic carboxylic acids is 1. The Morgan fingerprint density at radius 2 is 0.610 bits per heavy atom. The van der Waals surface area contributed by atoms with Crippen LogP contribution in [0, 0.1) is 0 Å². The second-order valence-corrected chi connectivity index (χ2v) is 13.7. The van der Waals surface area contributed by atoms with Crippen molar-refractivity contribution in [3.63, 3.8) is 0 Å². The van der Waals surface area contributed by atoms with Crippen molar-refractivity contribution in [2.75, 3.05) is 27.2 Å². The highest BCUT2D eigenvalue weighted by Gasteiger charge is 2.13. The van der Waals surface area contributed by atoms with Gasteiger partial charge in [-0.05, 0) is 32.1 Å². The van der Waals surface area contributed by atoms with Gasteiger partial charge in [-0.3, -0.25) is 4.79 Å². The van der Waals surface area contributed by atoms with Gasteiger partial charge >= 0.3 is 5.97 Å². The molecule has 248 valence electrons. The van der Waals surface area contributed by atoms with E-state index in [9.17, 15) is 4.79 Å². The molecule has 0 aliphatic heterocycles. The van der Waals surface area contributed by atoms with E-state index in [2.05, 4.69) is 34.9 Å². The van der Waals surface area contributed by atoms with Gasteiger partial charge in [-0.25, -0.2) is 0 Å². The third kappa shape index (κ3) is 41.6. The number of carbonyl (C=O) groups is 1. The van der Waals surface area contributed by atoms with Crippen LogP contribution in [0.2, 0.25) is 0 Å². The standard InChI is InChI=1S/C20H44N.C18H36O2/c1-5-7-9-11-13-14-16-18-20-21(3,4)19-17-15-12-10-8-6-2;1-2-3-4-5-6-7-8-9-10-11-12-13-14-15-16-17-18(19)20/h5-20H2,1-4H3;2-17H2,1H3,(H,19,20)/q+1;. The fraction of sp³-hybridized carbons (Fsp3) is 0.974.